The van der Waals surface area contributed by atoms with E-state index in [9.17, 15) is 4.79 Å². The molecule has 0 aromatic rings. The molecule has 1 radical (unpaired) electrons. The van der Waals surface area contributed by atoms with Gasteiger partial charge in [0.15, 0.2) is 0 Å². The summed E-state index contributed by atoms with van der Waals surface area (Å²) in [6, 6.07) is -0.639. The zero-order valence-corrected chi connectivity index (χ0v) is 8.21. The second kappa shape index (κ2) is 5.22. The van der Waals surface area contributed by atoms with E-state index in [0.717, 1.165) is 12.8 Å². The lowest BCUT2D eigenvalue weighted by Gasteiger charge is -2.25. The van der Waals surface area contributed by atoms with Gasteiger partial charge in [-0.2, -0.15) is 0 Å². The summed E-state index contributed by atoms with van der Waals surface area (Å²) in [5, 5.41) is 0. The van der Waals surface area contributed by atoms with Gasteiger partial charge in [0.25, 0.3) is 0 Å². The molecular weight excluding hydrogens is 166 g/mol. The molecule has 1 aliphatic rings. The van der Waals surface area contributed by atoms with Crippen molar-refractivity contribution >= 4 is 5.97 Å². The Morgan fingerprint density at radius 1 is 1.46 bits per heavy atom. The van der Waals surface area contributed by atoms with Crippen molar-refractivity contribution in [2.45, 2.75) is 45.1 Å². The molecule has 1 unspecified atom stereocenters. The van der Waals surface area contributed by atoms with Crippen molar-refractivity contribution in [3.63, 3.8) is 0 Å². The molecule has 3 heteroatoms. The fourth-order valence-corrected chi connectivity index (χ4v) is 1.89. The summed E-state index contributed by atoms with van der Waals surface area (Å²) < 4.78 is 4.83. The molecule has 1 fully saturated rings. The Morgan fingerprint density at radius 3 is 2.62 bits per heavy atom. The second-order valence-electron chi connectivity index (χ2n) is 3.63. The van der Waals surface area contributed by atoms with Crippen LogP contribution in [0, 0.1) is 5.92 Å². The first-order valence-corrected chi connectivity index (χ1v) is 5.13. The standard InChI is InChI=1S/C10H18NO2/c1-2-13-10(12)9(11)8-6-4-3-5-7-8/h8-9,11H,2-7H2,1H3. The molecule has 0 saturated heterocycles. The topological polar surface area (TPSA) is 50.1 Å². The third-order valence-corrected chi connectivity index (χ3v) is 2.66. The minimum atomic E-state index is -0.639. The van der Waals surface area contributed by atoms with Crippen LogP contribution in [0.25, 0.3) is 0 Å². The van der Waals surface area contributed by atoms with Crippen molar-refractivity contribution in [1.29, 1.82) is 0 Å². The lowest BCUT2D eigenvalue weighted by Crippen LogP contribution is -2.34. The number of rotatable bonds is 3. The SMILES string of the molecule is CCOC(=O)C([NH])C1CCCCC1. The monoisotopic (exact) mass is 184 g/mol. The maximum Gasteiger partial charge on any atom is 0.324 e. The molecule has 1 atom stereocenters. The molecule has 0 heterocycles. The molecule has 0 aliphatic heterocycles. The molecular formula is C10H18NO2. The van der Waals surface area contributed by atoms with Crippen LogP contribution in [0.5, 0.6) is 0 Å². The van der Waals surface area contributed by atoms with Gasteiger partial charge < -0.3 is 4.74 Å². The van der Waals surface area contributed by atoms with Gasteiger partial charge in [-0.05, 0) is 25.7 Å². The quantitative estimate of drug-likeness (QED) is 0.628. The number of ether oxygens (including phenoxy) is 1. The first-order chi connectivity index (χ1) is 6.25. The van der Waals surface area contributed by atoms with Crippen LogP contribution < -0.4 is 5.73 Å². The Bertz CT molecular complexity index is 164. The second-order valence-corrected chi connectivity index (χ2v) is 3.63. The van der Waals surface area contributed by atoms with E-state index < -0.39 is 6.04 Å². The van der Waals surface area contributed by atoms with Crippen LogP contribution in [0.3, 0.4) is 0 Å². The molecule has 1 aliphatic carbocycles. The van der Waals surface area contributed by atoms with Gasteiger partial charge in [-0.1, -0.05) is 19.3 Å². The smallest absolute Gasteiger partial charge is 0.324 e. The number of carbonyl (C=O) groups excluding carboxylic acids is 1. The van der Waals surface area contributed by atoms with E-state index in [0.29, 0.717) is 6.61 Å². The number of carbonyl (C=O) groups is 1. The van der Waals surface area contributed by atoms with E-state index in [-0.39, 0.29) is 11.9 Å². The maximum absolute atomic E-state index is 11.2. The summed E-state index contributed by atoms with van der Waals surface area (Å²) in [6.07, 6.45) is 5.63. The molecule has 1 saturated carbocycles. The van der Waals surface area contributed by atoms with E-state index >= 15 is 0 Å². The van der Waals surface area contributed by atoms with E-state index in [1.165, 1.54) is 19.3 Å². The van der Waals surface area contributed by atoms with Gasteiger partial charge in [-0.15, -0.1) is 0 Å². The summed E-state index contributed by atoms with van der Waals surface area (Å²) in [5.74, 6) is -0.0952. The van der Waals surface area contributed by atoms with Crippen LogP contribution in [-0.2, 0) is 9.53 Å². The summed E-state index contributed by atoms with van der Waals surface area (Å²) >= 11 is 0. The van der Waals surface area contributed by atoms with E-state index in [1.54, 1.807) is 6.92 Å². The molecule has 0 bridgehead atoms. The summed E-state index contributed by atoms with van der Waals surface area (Å²) in [7, 11) is 0. The first kappa shape index (κ1) is 10.5. The lowest BCUT2D eigenvalue weighted by molar-refractivity contribution is -0.146. The van der Waals surface area contributed by atoms with Crippen molar-refractivity contribution < 1.29 is 9.53 Å². The normalized spacial score (nSPS) is 21.1. The number of esters is 1. The van der Waals surface area contributed by atoms with Gasteiger partial charge in [-0.3, -0.25) is 4.79 Å². The summed E-state index contributed by atoms with van der Waals surface area (Å²) in [4.78, 5) is 11.2. The largest absolute Gasteiger partial charge is 0.465 e. The zero-order valence-electron chi connectivity index (χ0n) is 8.21. The predicted molar refractivity (Wildman–Crippen MR) is 50.1 cm³/mol. The highest BCUT2D eigenvalue weighted by molar-refractivity contribution is 5.75. The van der Waals surface area contributed by atoms with Crippen molar-refractivity contribution in [2.24, 2.45) is 5.92 Å². The predicted octanol–water partition coefficient (Wildman–Crippen LogP) is 1.78. The molecule has 75 valence electrons. The van der Waals surface area contributed by atoms with Gasteiger partial charge in [0, 0.05) is 0 Å². The minimum absolute atomic E-state index is 0.243. The van der Waals surface area contributed by atoms with E-state index in [2.05, 4.69) is 0 Å². The average Bonchev–Trinajstić information content (AvgIpc) is 2.18. The Hall–Kier alpha value is -0.570. The van der Waals surface area contributed by atoms with Crippen molar-refractivity contribution in [3.05, 3.63) is 0 Å². The number of hydrogen-bond donors (Lipinski definition) is 0. The van der Waals surface area contributed by atoms with Crippen molar-refractivity contribution in [3.8, 4) is 0 Å². The maximum atomic E-state index is 11.2. The molecule has 3 nitrogen and oxygen atoms in total. The molecule has 0 spiro atoms. The van der Waals surface area contributed by atoms with Crippen LogP contribution in [-0.4, -0.2) is 18.6 Å². The van der Waals surface area contributed by atoms with Gasteiger partial charge >= 0.3 is 5.97 Å². The molecule has 1 N–H and O–H groups in total. The third kappa shape index (κ3) is 2.99. The Balaban J connectivity index is 2.35. The van der Waals surface area contributed by atoms with Gasteiger partial charge in [0.1, 0.15) is 6.04 Å². The van der Waals surface area contributed by atoms with Crippen molar-refractivity contribution in [1.82, 2.24) is 5.73 Å². The van der Waals surface area contributed by atoms with Crippen LogP contribution in [0.4, 0.5) is 0 Å². The van der Waals surface area contributed by atoms with Crippen LogP contribution in [0.1, 0.15) is 39.0 Å². The highest BCUT2D eigenvalue weighted by Crippen LogP contribution is 2.26. The van der Waals surface area contributed by atoms with Crippen LogP contribution in [0.15, 0.2) is 0 Å². The Morgan fingerprint density at radius 2 is 2.08 bits per heavy atom. The van der Waals surface area contributed by atoms with Crippen LogP contribution >= 0.6 is 0 Å². The van der Waals surface area contributed by atoms with Gasteiger partial charge in [0.05, 0.1) is 6.61 Å². The molecule has 1 rings (SSSR count). The van der Waals surface area contributed by atoms with Gasteiger partial charge in [0.2, 0.25) is 0 Å². The molecule has 0 amide bonds. The van der Waals surface area contributed by atoms with Crippen LogP contribution in [0.2, 0.25) is 0 Å². The van der Waals surface area contributed by atoms with E-state index in [4.69, 9.17) is 10.5 Å². The lowest BCUT2D eigenvalue weighted by atomic mass is 9.84. The molecule has 0 aromatic carbocycles. The van der Waals surface area contributed by atoms with Crippen molar-refractivity contribution in [2.75, 3.05) is 6.61 Å². The number of hydrogen-bond acceptors (Lipinski definition) is 2. The molecule has 13 heavy (non-hydrogen) atoms. The summed E-state index contributed by atoms with van der Waals surface area (Å²) in [6.45, 7) is 2.17. The number of nitrogens with one attached hydrogen (secondary N) is 1. The van der Waals surface area contributed by atoms with E-state index in [1.807, 2.05) is 0 Å². The molecule has 0 aromatic heterocycles. The Kier molecular flexibility index (Phi) is 4.22. The third-order valence-electron chi connectivity index (χ3n) is 2.66. The van der Waals surface area contributed by atoms with Gasteiger partial charge in [-0.25, -0.2) is 5.73 Å². The summed E-state index contributed by atoms with van der Waals surface area (Å²) in [5.41, 5.74) is 7.70. The zero-order chi connectivity index (χ0) is 9.68. The fourth-order valence-electron chi connectivity index (χ4n) is 1.89. The fraction of sp³-hybridized carbons (Fsp3) is 0.900. The highest BCUT2D eigenvalue weighted by Gasteiger charge is 2.27. The average molecular weight is 184 g/mol. The Labute approximate surface area is 79.6 Å². The highest BCUT2D eigenvalue weighted by atomic mass is 16.5. The minimum Gasteiger partial charge on any atom is -0.465 e. The first-order valence-electron chi connectivity index (χ1n) is 5.13.